The summed E-state index contributed by atoms with van der Waals surface area (Å²) < 4.78 is 5.65. The summed E-state index contributed by atoms with van der Waals surface area (Å²) in [5.74, 6) is -0.378. The average Bonchev–Trinajstić information content (AvgIpc) is 3.06. The molecule has 180 valence electrons. The SMILES string of the molecule is Cc1ccc(C(C)C)c(OCC(=O)NNC(=O)CCCCCN2C(=O)c3ccccc3C2=O)c1. The normalized spacial score (nSPS) is 12.6. The number of carbonyl (C=O) groups excluding carboxylic acids is 4. The summed E-state index contributed by atoms with van der Waals surface area (Å²) in [6.07, 6.45) is 2.07. The second-order valence-corrected chi connectivity index (χ2v) is 8.70. The Morgan fingerprint density at radius 3 is 2.21 bits per heavy atom. The van der Waals surface area contributed by atoms with Crippen molar-refractivity contribution in [2.24, 2.45) is 0 Å². The molecule has 8 heteroatoms. The molecule has 3 rings (SSSR count). The summed E-state index contributed by atoms with van der Waals surface area (Å²) in [6.45, 7) is 6.18. The molecule has 0 aromatic heterocycles. The number of nitrogens with zero attached hydrogens (tertiary/aromatic N) is 1. The van der Waals surface area contributed by atoms with E-state index in [2.05, 4.69) is 24.7 Å². The van der Waals surface area contributed by atoms with Crippen molar-refractivity contribution < 1.29 is 23.9 Å². The van der Waals surface area contributed by atoms with Crippen LogP contribution in [0.4, 0.5) is 0 Å². The van der Waals surface area contributed by atoms with E-state index in [-0.39, 0.29) is 36.7 Å². The van der Waals surface area contributed by atoms with E-state index in [9.17, 15) is 19.2 Å². The van der Waals surface area contributed by atoms with E-state index in [1.54, 1.807) is 24.3 Å². The highest BCUT2D eigenvalue weighted by atomic mass is 16.5. The van der Waals surface area contributed by atoms with Gasteiger partial charge in [0, 0.05) is 13.0 Å². The molecule has 8 nitrogen and oxygen atoms in total. The van der Waals surface area contributed by atoms with Crippen LogP contribution >= 0.6 is 0 Å². The number of hydrogen-bond acceptors (Lipinski definition) is 5. The molecule has 4 amide bonds. The fourth-order valence-corrected chi connectivity index (χ4v) is 3.80. The molecule has 2 aromatic carbocycles. The van der Waals surface area contributed by atoms with Gasteiger partial charge >= 0.3 is 0 Å². The lowest BCUT2D eigenvalue weighted by Crippen LogP contribution is -2.43. The van der Waals surface area contributed by atoms with E-state index >= 15 is 0 Å². The van der Waals surface area contributed by atoms with Crippen LogP contribution in [0, 0.1) is 6.92 Å². The summed E-state index contributed by atoms with van der Waals surface area (Å²) in [5.41, 5.74) is 7.68. The first-order chi connectivity index (χ1) is 16.3. The first kappa shape index (κ1) is 25.0. The number of hydrogen-bond donors (Lipinski definition) is 2. The maximum absolute atomic E-state index is 12.3. The molecule has 0 saturated carbocycles. The molecular formula is C26H31N3O5. The minimum absolute atomic E-state index is 0.205. The van der Waals surface area contributed by atoms with Gasteiger partial charge in [0.15, 0.2) is 6.61 Å². The lowest BCUT2D eigenvalue weighted by Gasteiger charge is -2.15. The number of fused-ring (bicyclic) bond motifs is 1. The number of nitrogens with one attached hydrogen (secondary N) is 2. The number of benzene rings is 2. The third-order valence-corrected chi connectivity index (χ3v) is 5.65. The number of rotatable bonds is 10. The van der Waals surface area contributed by atoms with E-state index in [4.69, 9.17) is 4.74 Å². The van der Waals surface area contributed by atoms with Gasteiger partial charge in [-0.25, -0.2) is 0 Å². The molecule has 1 aliphatic heterocycles. The molecule has 0 spiro atoms. The third-order valence-electron chi connectivity index (χ3n) is 5.65. The quantitative estimate of drug-likeness (QED) is 0.317. The largest absolute Gasteiger partial charge is 0.483 e. The maximum atomic E-state index is 12.3. The average molecular weight is 466 g/mol. The highest BCUT2D eigenvalue weighted by molar-refractivity contribution is 6.21. The van der Waals surface area contributed by atoms with Crippen LogP contribution in [0.25, 0.3) is 0 Å². The second kappa shape index (κ2) is 11.4. The minimum Gasteiger partial charge on any atom is -0.483 e. The highest BCUT2D eigenvalue weighted by Crippen LogP contribution is 2.27. The summed E-state index contributed by atoms with van der Waals surface area (Å²) in [7, 11) is 0. The van der Waals surface area contributed by atoms with Gasteiger partial charge in [0.05, 0.1) is 11.1 Å². The molecule has 0 radical (unpaired) electrons. The van der Waals surface area contributed by atoms with Crippen LogP contribution in [0.5, 0.6) is 5.75 Å². The fourth-order valence-electron chi connectivity index (χ4n) is 3.80. The van der Waals surface area contributed by atoms with Gasteiger partial charge in [-0.15, -0.1) is 0 Å². The molecule has 0 aliphatic carbocycles. The molecule has 2 N–H and O–H groups in total. The zero-order valence-electron chi connectivity index (χ0n) is 19.8. The zero-order chi connectivity index (χ0) is 24.7. The van der Waals surface area contributed by atoms with Crippen LogP contribution in [-0.4, -0.2) is 41.7 Å². The molecule has 0 fully saturated rings. The van der Waals surface area contributed by atoms with Crippen LogP contribution in [0.3, 0.4) is 0 Å². The van der Waals surface area contributed by atoms with E-state index in [0.717, 1.165) is 11.1 Å². The monoisotopic (exact) mass is 465 g/mol. The molecule has 34 heavy (non-hydrogen) atoms. The summed E-state index contributed by atoms with van der Waals surface area (Å²) in [4.78, 5) is 50.0. The zero-order valence-corrected chi connectivity index (χ0v) is 19.8. The molecule has 2 aromatic rings. The first-order valence-corrected chi connectivity index (χ1v) is 11.5. The molecular weight excluding hydrogens is 434 g/mol. The van der Waals surface area contributed by atoms with Gasteiger partial charge in [-0.3, -0.25) is 34.9 Å². The number of imide groups is 1. The number of ether oxygens (including phenoxy) is 1. The summed E-state index contributed by atoms with van der Waals surface area (Å²) in [6, 6.07) is 12.7. The van der Waals surface area contributed by atoms with Crippen molar-refractivity contribution in [3.63, 3.8) is 0 Å². The summed E-state index contributed by atoms with van der Waals surface area (Å²) >= 11 is 0. The van der Waals surface area contributed by atoms with Crippen molar-refractivity contribution in [1.82, 2.24) is 15.8 Å². The van der Waals surface area contributed by atoms with Gasteiger partial charge in [-0.05, 0) is 55.0 Å². The molecule has 1 aliphatic rings. The van der Waals surface area contributed by atoms with Crippen molar-refractivity contribution in [3.8, 4) is 5.75 Å². The van der Waals surface area contributed by atoms with Crippen LogP contribution in [0.1, 0.15) is 77.3 Å². The summed E-state index contributed by atoms with van der Waals surface area (Å²) in [5, 5.41) is 0. The minimum atomic E-state index is -0.449. The third kappa shape index (κ3) is 6.21. The van der Waals surface area contributed by atoms with Gasteiger partial charge in [0.1, 0.15) is 5.75 Å². The Kier molecular flexibility index (Phi) is 8.40. The van der Waals surface area contributed by atoms with E-state index in [1.165, 1.54) is 4.90 Å². The predicted molar refractivity (Wildman–Crippen MR) is 127 cm³/mol. The van der Waals surface area contributed by atoms with Crippen molar-refractivity contribution in [3.05, 3.63) is 64.7 Å². The Hall–Kier alpha value is -3.68. The Morgan fingerprint density at radius 1 is 0.912 bits per heavy atom. The highest BCUT2D eigenvalue weighted by Gasteiger charge is 2.34. The Balaban J connectivity index is 1.31. The van der Waals surface area contributed by atoms with Crippen molar-refractivity contribution in [1.29, 1.82) is 0 Å². The topological polar surface area (TPSA) is 105 Å². The second-order valence-electron chi connectivity index (χ2n) is 8.70. The van der Waals surface area contributed by atoms with Gasteiger partial charge in [-0.1, -0.05) is 44.5 Å². The maximum Gasteiger partial charge on any atom is 0.276 e. The first-order valence-electron chi connectivity index (χ1n) is 11.5. The molecule has 0 atom stereocenters. The van der Waals surface area contributed by atoms with Gasteiger partial charge in [-0.2, -0.15) is 0 Å². The van der Waals surface area contributed by atoms with Crippen molar-refractivity contribution in [2.45, 2.75) is 52.4 Å². The van der Waals surface area contributed by atoms with Crippen molar-refractivity contribution >= 4 is 23.6 Å². The Labute approximate surface area is 199 Å². The molecule has 0 unspecified atom stereocenters. The van der Waals surface area contributed by atoms with Crippen LogP contribution in [-0.2, 0) is 9.59 Å². The van der Waals surface area contributed by atoms with Crippen LogP contribution in [0.15, 0.2) is 42.5 Å². The predicted octanol–water partition coefficient (Wildman–Crippen LogP) is 3.50. The van der Waals surface area contributed by atoms with Crippen LogP contribution in [0.2, 0.25) is 0 Å². The number of hydrazine groups is 1. The Morgan fingerprint density at radius 2 is 1.56 bits per heavy atom. The van der Waals surface area contributed by atoms with Gasteiger partial charge < -0.3 is 4.74 Å². The smallest absolute Gasteiger partial charge is 0.276 e. The standard InChI is InChI=1S/C26H31N3O5/c1-17(2)19-13-12-18(3)15-22(19)34-16-24(31)28-27-23(30)11-5-4-8-14-29-25(32)20-9-6-7-10-21(20)26(29)33/h6-7,9-10,12-13,15,17H,4-5,8,11,14,16H2,1-3H3,(H,27,30)(H,28,31). The van der Waals surface area contributed by atoms with Crippen LogP contribution < -0.4 is 15.6 Å². The number of carbonyl (C=O) groups is 4. The van der Waals surface area contributed by atoms with Crippen molar-refractivity contribution in [2.75, 3.05) is 13.2 Å². The Bertz CT molecular complexity index is 1040. The number of amides is 4. The number of aryl methyl sites for hydroxylation is 1. The lowest BCUT2D eigenvalue weighted by atomic mass is 10.0. The lowest BCUT2D eigenvalue weighted by molar-refractivity contribution is -0.130. The molecule has 0 bridgehead atoms. The number of unbranched alkanes of at least 4 members (excludes halogenated alkanes) is 2. The molecule has 0 saturated heterocycles. The van der Waals surface area contributed by atoms with E-state index in [0.29, 0.717) is 42.7 Å². The molecule has 1 heterocycles. The van der Waals surface area contributed by atoms with Gasteiger partial charge in [0.2, 0.25) is 5.91 Å². The fraction of sp³-hybridized carbons (Fsp3) is 0.385. The van der Waals surface area contributed by atoms with Gasteiger partial charge in [0.25, 0.3) is 17.7 Å². The van der Waals surface area contributed by atoms with E-state index in [1.807, 2.05) is 25.1 Å². The van der Waals surface area contributed by atoms with E-state index < -0.39 is 5.91 Å².